The second-order valence-electron chi connectivity index (χ2n) is 5.89. The average molecular weight is 384 g/mol. The van der Waals surface area contributed by atoms with Crippen LogP contribution in [0.5, 0.6) is 5.75 Å². The zero-order valence-electron chi connectivity index (χ0n) is 14.5. The van der Waals surface area contributed by atoms with E-state index in [1.807, 2.05) is 0 Å². The second kappa shape index (κ2) is 7.59. The van der Waals surface area contributed by atoms with Gasteiger partial charge in [-0.05, 0) is 54.7 Å². The minimum absolute atomic E-state index is 0.0428. The topological polar surface area (TPSA) is 77.5 Å². The van der Waals surface area contributed by atoms with Gasteiger partial charge >= 0.3 is 5.63 Å². The Morgan fingerprint density at radius 1 is 1.41 bits per heavy atom. The quantitative estimate of drug-likeness (QED) is 0.405. The summed E-state index contributed by atoms with van der Waals surface area (Å²) in [7, 11) is 0. The Hall–Kier alpha value is -3.19. The number of rotatable bonds is 4. The van der Waals surface area contributed by atoms with E-state index in [4.69, 9.17) is 27.1 Å². The smallest absolute Gasteiger partial charge is 0.340 e. The fourth-order valence-corrected chi connectivity index (χ4v) is 2.97. The molecule has 3 N–H and O–H groups in total. The molecule has 2 aromatic carbocycles. The van der Waals surface area contributed by atoms with Crippen LogP contribution in [0.1, 0.15) is 16.7 Å². The van der Waals surface area contributed by atoms with Crippen LogP contribution < -0.4 is 21.4 Å². The Balaban J connectivity index is 2.01. The van der Waals surface area contributed by atoms with Gasteiger partial charge in [0.2, 0.25) is 0 Å². The van der Waals surface area contributed by atoms with Crippen molar-refractivity contribution < 1.29 is 13.5 Å². The van der Waals surface area contributed by atoms with Gasteiger partial charge in [0.25, 0.3) is 5.17 Å². The van der Waals surface area contributed by atoms with E-state index in [0.29, 0.717) is 28.0 Å². The van der Waals surface area contributed by atoms with Crippen molar-refractivity contribution in [1.29, 1.82) is 0 Å². The number of nitrogens with two attached hydrogens (primary N) is 1. The number of hydrogen-bond donors (Lipinski definition) is 2. The maximum absolute atomic E-state index is 14.2. The highest BCUT2D eigenvalue weighted by Gasteiger charge is 2.15. The van der Waals surface area contributed by atoms with E-state index in [2.05, 4.69) is 11.9 Å². The standard InChI is InChI=1S/C20H17FN2O3S/c1-3-23-20(27)25-13-7-8-14-11(2)15(19(24)26-17(14)10-13)9-12-5-4-6-16(22)18(12)21/h3-8,10H,1,9,22H2,2H3,(H,23,27). The first-order valence-electron chi connectivity index (χ1n) is 8.09. The van der Waals surface area contributed by atoms with Crippen molar-refractivity contribution in [2.75, 3.05) is 5.73 Å². The van der Waals surface area contributed by atoms with Gasteiger partial charge in [0, 0.05) is 23.4 Å². The number of nitrogen functional groups attached to an aromatic ring is 1. The fraction of sp³-hybridized carbons (Fsp3) is 0.100. The number of benzene rings is 2. The van der Waals surface area contributed by atoms with Crippen molar-refractivity contribution in [3.05, 3.63) is 82.1 Å². The molecule has 0 radical (unpaired) electrons. The summed E-state index contributed by atoms with van der Waals surface area (Å²) in [6.45, 7) is 5.29. The van der Waals surface area contributed by atoms with Crippen molar-refractivity contribution in [2.45, 2.75) is 13.3 Å². The van der Waals surface area contributed by atoms with Gasteiger partial charge in [0.1, 0.15) is 17.1 Å². The third-order valence-corrected chi connectivity index (χ3v) is 4.37. The highest BCUT2D eigenvalue weighted by atomic mass is 32.1. The zero-order valence-corrected chi connectivity index (χ0v) is 15.4. The number of anilines is 1. The predicted molar refractivity (Wildman–Crippen MR) is 107 cm³/mol. The van der Waals surface area contributed by atoms with Gasteiger partial charge in [-0.25, -0.2) is 9.18 Å². The molecule has 0 unspecified atom stereocenters. The first kappa shape index (κ1) is 18.6. The van der Waals surface area contributed by atoms with E-state index in [-0.39, 0.29) is 17.3 Å². The SMILES string of the molecule is C=CNC(=S)Oc1ccc2c(C)c(Cc3cccc(N)c3F)c(=O)oc2c1. The first-order valence-corrected chi connectivity index (χ1v) is 8.50. The largest absolute Gasteiger partial charge is 0.432 e. The van der Waals surface area contributed by atoms with Crippen LogP contribution in [-0.2, 0) is 6.42 Å². The summed E-state index contributed by atoms with van der Waals surface area (Å²) in [6.07, 6.45) is 1.49. The van der Waals surface area contributed by atoms with E-state index in [1.54, 1.807) is 37.3 Å². The molecule has 0 amide bonds. The molecule has 0 spiro atoms. The maximum Gasteiger partial charge on any atom is 0.340 e. The van der Waals surface area contributed by atoms with Crippen molar-refractivity contribution in [3.8, 4) is 5.75 Å². The Kier molecular flexibility index (Phi) is 5.23. The van der Waals surface area contributed by atoms with Gasteiger partial charge in [-0.1, -0.05) is 18.7 Å². The third kappa shape index (κ3) is 3.83. The Bertz CT molecular complexity index is 1110. The molecular weight excluding hydrogens is 367 g/mol. The normalized spacial score (nSPS) is 10.6. The zero-order chi connectivity index (χ0) is 19.6. The molecule has 0 atom stereocenters. The Morgan fingerprint density at radius 3 is 2.93 bits per heavy atom. The van der Waals surface area contributed by atoms with Gasteiger partial charge in [0.05, 0.1) is 5.69 Å². The van der Waals surface area contributed by atoms with Crippen LogP contribution in [0.15, 0.2) is 58.4 Å². The second-order valence-corrected chi connectivity index (χ2v) is 6.26. The number of ether oxygens (including phenoxy) is 1. The van der Waals surface area contributed by atoms with Crippen LogP contribution >= 0.6 is 12.2 Å². The molecule has 3 aromatic rings. The molecule has 0 bridgehead atoms. The van der Waals surface area contributed by atoms with Crippen LogP contribution in [0.25, 0.3) is 11.0 Å². The third-order valence-electron chi connectivity index (χ3n) is 4.17. The van der Waals surface area contributed by atoms with Crippen molar-refractivity contribution in [3.63, 3.8) is 0 Å². The van der Waals surface area contributed by atoms with Gasteiger partial charge in [0.15, 0.2) is 0 Å². The highest BCUT2D eigenvalue weighted by Crippen LogP contribution is 2.26. The van der Waals surface area contributed by atoms with E-state index < -0.39 is 11.4 Å². The molecule has 1 aromatic heterocycles. The summed E-state index contributed by atoms with van der Waals surface area (Å²) < 4.78 is 25.0. The number of aryl methyl sites for hydroxylation is 1. The van der Waals surface area contributed by atoms with Crippen molar-refractivity contribution >= 4 is 34.0 Å². The summed E-state index contributed by atoms with van der Waals surface area (Å²) >= 11 is 4.98. The number of nitrogens with one attached hydrogen (secondary N) is 1. The lowest BCUT2D eigenvalue weighted by Gasteiger charge is -2.11. The first-order chi connectivity index (χ1) is 12.9. The summed E-state index contributed by atoms with van der Waals surface area (Å²) in [6, 6.07) is 9.76. The summed E-state index contributed by atoms with van der Waals surface area (Å²) in [4.78, 5) is 12.5. The summed E-state index contributed by atoms with van der Waals surface area (Å²) in [5.74, 6) is -0.109. The number of thiocarbonyl (C=S) groups is 1. The van der Waals surface area contributed by atoms with E-state index in [9.17, 15) is 9.18 Å². The summed E-state index contributed by atoms with van der Waals surface area (Å²) in [5.41, 5.74) is 6.90. The minimum atomic E-state index is -0.536. The molecule has 0 aliphatic rings. The predicted octanol–water partition coefficient (Wildman–Crippen LogP) is 3.81. The minimum Gasteiger partial charge on any atom is -0.432 e. The van der Waals surface area contributed by atoms with Crippen molar-refractivity contribution in [1.82, 2.24) is 5.32 Å². The van der Waals surface area contributed by atoms with Crippen LogP contribution in [0, 0.1) is 12.7 Å². The van der Waals surface area contributed by atoms with E-state index >= 15 is 0 Å². The molecule has 7 heteroatoms. The molecule has 5 nitrogen and oxygen atoms in total. The Labute approximate surface area is 160 Å². The molecule has 1 heterocycles. The van der Waals surface area contributed by atoms with E-state index in [1.165, 1.54) is 12.3 Å². The lowest BCUT2D eigenvalue weighted by molar-refractivity contribution is 0.531. The van der Waals surface area contributed by atoms with E-state index in [0.717, 1.165) is 5.39 Å². The molecule has 27 heavy (non-hydrogen) atoms. The molecule has 0 fully saturated rings. The van der Waals surface area contributed by atoms with Gasteiger partial charge in [-0.2, -0.15) is 0 Å². The van der Waals surface area contributed by atoms with Crippen molar-refractivity contribution in [2.24, 2.45) is 0 Å². The maximum atomic E-state index is 14.2. The monoisotopic (exact) mass is 384 g/mol. The molecule has 0 saturated carbocycles. The molecule has 0 aliphatic heterocycles. The molecule has 3 rings (SSSR count). The lowest BCUT2D eigenvalue weighted by atomic mass is 9.99. The molecule has 0 saturated heterocycles. The number of hydrogen-bond acceptors (Lipinski definition) is 5. The molecule has 138 valence electrons. The highest BCUT2D eigenvalue weighted by molar-refractivity contribution is 7.80. The van der Waals surface area contributed by atoms with Crippen LogP contribution in [0.3, 0.4) is 0 Å². The number of halogens is 1. The molecule has 0 aliphatic carbocycles. The fourth-order valence-electron chi connectivity index (χ4n) is 2.79. The average Bonchev–Trinajstić information content (AvgIpc) is 2.62. The Morgan fingerprint density at radius 2 is 2.19 bits per heavy atom. The van der Waals surface area contributed by atoms with Crippen LogP contribution in [0.2, 0.25) is 0 Å². The van der Waals surface area contributed by atoms with Crippen LogP contribution in [-0.4, -0.2) is 5.17 Å². The lowest BCUT2D eigenvalue weighted by Crippen LogP contribution is -2.20. The summed E-state index contributed by atoms with van der Waals surface area (Å²) in [5, 5.41) is 3.49. The van der Waals surface area contributed by atoms with Gasteiger partial charge in [-0.3, -0.25) is 0 Å². The number of fused-ring (bicyclic) bond motifs is 1. The molecular formula is C20H17FN2O3S. The van der Waals surface area contributed by atoms with Gasteiger partial charge in [-0.15, -0.1) is 0 Å². The van der Waals surface area contributed by atoms with Gasteiger partial charge < -0.3 is 20.2 Å². The van der Waals surface area contributed by atoms with Crippen LogP contribution in [0.4, 0.5) is 10.1 Å².